The van der Waals surface area contributed by atoms with Gasteiger partial charge in [-0.15, -0.1) is 0 Å². The van der Waals surface area contributed by atoms with Crippen molar-refractivity contribution in [1.29, 1.82) is 0 Å². The summed E-state index contributed by atoms with van der Waals surface area (Å²) in [5.74, 6) is 0.286. The third-order valence-electron chi connectivity index (χ3n) is 4.54. The predicted octanol–water partition coefficient (Wildman–Crippen LogP) is 4.78. The number of aryl methyl sites for hydroxylation is 3. The summed E-state index contributed by atoms with van der Waals surface area (Å²) in [6.45, 7) is 2.13. The van der Waals surface area contributed by atoms with Gasteiger partial charge in [-0.05, 0) is 66.3 Å². The molecule has 0 atom stereocenters. The summed E-state index contributed by atoms with van der Waals surface area (Å²) < 4.78 is 0. The highest BCUT2D eigenvalue weighted by atomic mass is 16.3. The second-order valence-electron chi connectivity index (χ2n) is 6.31. The van der Waals surface area contributed by atoms with Crippen LogP contribution in [0.1, 0.15) is 33.5 Å². The molecule has 0 aliphatic heterocycles. The van der Waals surface area contributed by atoms with E-state index in [1.807, 2.05) is 24.4 Å². The number of phenols is 1. The van der Waals surface area contributed by atoms with E-state index in [0.717, 1.165) is 24.1 Å². The molecule has 1 aliphatic rings. The van der Waals surface area contributed by atoms with Crippen molar-refractivity contribution >= 4 is 11.6 Å². The molecule has 0 fully saturated rings. The second kappa shape index (κ2) is 5.97. The summed E-state index contributed by atoms with van der Waals surface area (Å²) in [6.07, 6.45) is 5.97. The smallest absolute Gasteiger partial charge is 0.116 e. The van der Waals surface area contributed by atoms with Gasteiger partial charge in [-0.25, -0.2) is 0 Å². The number of benzene rings is 2. The van der Waals surface area contributed by atoms with Crippen molar-refractivity contribution in [2.75, 3.05) is 0 Å². The first kappa shape index (κ1) is 14.7. The molecule has 118 valence electrons. The lowest BCUT2D eigenvalue weighted by atomic mass is 9.92. The van der Waals surface area contributed by atoms with Crippen molar-refractivity contribution < 1.29 is 5.11 Å². The van der Waals surface area contributed by atoms with Crippen LogP contribution in [0.5, 0.6) is 5.75 Å². The van der Waals surface area contributed by atoms with Crippen molar-refractivity contribution in [3.63, 3.8) is 0 Å². The summed E-state index contributed by atoms with van der Waals surface area (Å²) >= 11 is 0. The maximum absolute atomic E-state index is 9.78. The van der Waals surface area contributed by atoms with Gasteiger partial charge >= 0.3 is 0 Å². The Bertz CT molecular complexity index is 940. The number of hydrogen-bond acceptors (Lipinski definition) is 2. The fourth-order valence-corrected chi connectivity index (χ4v) is 3.41. The van der Waals surface area contributed by atoms with E-state index in [0.29, 0.717) is 0 Å². The highest BCUT2D eigenvalue weighted by Gasteiger charge is 2.18. The second-order valence-corrected chi connectivity index (χ2v) is 6.31. The molecular weight excluding hydrogens is 294 g/mol. The Kier molecular flexibility index (Phi) is 3.66. The molecule has 2 aromatic carbocycles. The first-order chi connectivity index (χ1) is 11.7. The first-order valence-corrected chi connectivity index (χ1v) is 8.25. The van der Waals surface area contributed by atoms with Crippen LogP contribution in [0, 0.1) is 6.92 Å². The van der Waals surface area contributed by atoms with Crippen LogP contribution in [-0.4, -0.2) is 10.1 Å². The van der Waals surface area contributed by atoms with Crippen LogP contribution < -0.4 is 0 Å². The van der Waals surface area contributed by atoms with Gasteiger partial charge in [-0.1, -0.05) is 42.0 Å². The first-order valence-electron chi connectivity index (χ1n) is 8.25. The third kappa shape index (κ3) is 2.71. The quantitative estimate of drug-likeness (QED) is 0.701. The number of aromatic nitrogens is 1. The summed E-state index contributed by atoms with van der Waals surface area (Å²) in [5.41, 5.74) is 8.39. The maximum atomic E-state index is 9.78. The number of phenolic OH excluding ortho intramolecular Hbond substituents is 1. The maximum Gasteiger partial charge on any atom is 0.116 e. The molecule has 1 aliphatic carbocycles. The van der Waals surface area contributed by atoms with Crippen molar-refractivity contribution in [2.24, 2.45) is 0 Å². The molecule has 1 N–H and O–H groups in total. The molecule has 0 saturated carbocycles. The van der Waals surface area contributed by atoms with E-state index >= 15 is 0 Å². The summed E-state index contributed by atoms with van der Waals surface area (Å²) in [7, 11) is 0. The summed E-state index contributed by atoms with van der Waals surface area (Å²) in [5, 5.41) is 9.78. The topological polar surface area (TPSA) is 33.1 Å². The van der Waals surface area contributed by atoms with Crippen LogP contribution in [0.4, 0.5) is 0 Å². The highest BCUT2D eigenvalue weighted by molar-refractivity contribution is 5.93. The van der Waals surface area contributed by atoms with E-state index in [1.54, 1.807) is 12.1 Å². The molecule has 4 rings (SSSR count). The van der Waals surface area contributed by atoms with Crippen LogP contribution >= 0.6 is 0 Å². The average Bonchev–Trinajstić information content (AvgIpc) is 2.73. The van der Waals surface area contributed by atoms with Crippen molar-refractivity contribution in [3.05, 3.63) is 94.3 Å². The zero-order valence-electron chi connectivity index (χ0n) is 13.7. The lowest BCUT2D eigenvalue weighted by molar-refractivity contribution is 0.475. The molecule has 0 amide bonds. The van der Waals surface area contributed by atoms with Gasteiger partial charge in [0, 0.05) is 17.5 Å². The number of hydrogen-bond donors (Lipinski definition) is 1. The Hall–Kier alpha value is -2.87. The Morgan fingerprint density at radius 3 is 2.75 bits per heavy atom. The van der Waals surface area contributed by atoms with E-state index in [9.17, 15) is 5.11 Å². The predicted molar refractivity (Wildman–Crippen MR) is 97.9 cm³/mol. The van der Waals surface area contributed by atoms with Gasteiger partial charge in [-0.2, -0.15) is 0 Å². The number of rotatable bonds is 1. The van der Waals surface area contributed by atoms with Gasteiger partial charge in [0.25, 0.3) is 0 Å². The minimum absolute atomic E-state index is 0.286. The van der Waals surface area contributed by atoms with Crippen LogP contribution in [-0.2, 0) is 12.8 Å². The lowest BCUT2D eigenvalue weighted by Gasteiger charge is -2.12. The molecule has 3 aromatic rings. The Labute approximate surface area is 142 Å². The molecule has 0 saturated heterocycles. The molecule has 2 nitrogen and oxygen atoms in total. The summed E-state index contributed by atoms with van der Waals surface area (Å²) in [4.78, 5) is 4.60. The summed E-state index contributed by atoms with van der Waals surface area (Å²) in [6, 6.07) is 18.2. The lowest BCUT2D eigenvalue weighted by Crippen LogP contribution is -1.95. The van der Waals surface area contributed by atoms with E-state index in [1.165, 1.54) is 27.8 Å². The molecule has 0 spiro atoms. The van der Waals surface area contributed by atoms with Gasteiger partial charge in [-0.3, -0.25) is 4.98 Å². The molecule has 1 aromatic heterocycles. The van der Waals surface area contributed by atoms with Crippen molar-refractivity contribution in [3.8, 4) is 5.75 Å². The minimum Gasteiger partial charge on any atom is -0.508 e. The minimum atomic E-state index is 0.286. The Morgan fingerprint density at radius 1 is 0.958 bits per heavy atom. The number of nitrogens with zero attached hydrogens (tertiary/aromatic N) is 1. The number of pyridine rings is 1. The van der Waals surface area contributed by atoms with Crippen LogP contribution in [0.2, 0.25) is 0 Å². The highest BCUT2D eigenvalue weighted by Crippen LogP contribution is 2.34. The van der Waals surface area contributed by atoms with Gasteiger partial charge in [0.1, 0.15) is 5.75 Å². The molecular formula is C22H19NO. The largest absolute Gasteiger partial charge is 0.508 e. The molecule has 0 radical (unpaired) electrons. The zero-order valence-corrected chi connectivity index (χ0v) is 13.7. The van der Waals surface area contributed by atoms with E-state index in [2.05, 4.69) is 42.2 Å². The van der Waals surface area contributed by atoms with Crippen LogP contribution in [0.3, 0.4) is 0 Å². The van der Waals surface area contributed by atoms with Crippen molar-refractivity contribution in [1.82, 2.24) is 4.98 Å². The van der Waals surface area contributed by atoms with Gasteiger partial charge in [0.2, 0.25) is 0 Å². The average molecular weight is 313 g/mol. The van der Waals surface area contributed by atoms with Gasteiger partial charge in [0.05, 0.1) is 0 Å². The third-order valence-corrected chi connectivity index (χ3v) is 4.54. The standard InChI is InChI=1S/C22H19NO/c1-15-7-9-19-17(12-15)8-10-22-20(6-3-11-23-22)21(19)14-16-4-2-5-18(24)13-16/h2-7,9,11-14,24H,8,10H2,1H3. The number of aromatic hydroxyl groups is 1. The number of fused-ring (bicyclic) bond motifs is 2. The van der Waals surface area contributed by atoms with Gasteiger partial charge in [0.15, 0.2) is 0 Å². The molecule has 2 heteroatoms. The molecule has 1 heterocycles. The Balaban J connectivity index is 1.97. The zero-order chi connectivity index (χ0) is 16.5. The van der Waals surface area contributed by atoms with Gasteiger partial charge < -0.3 is 5.11 Å². The van der Waals surface area contributed by atoms with Crippen molar-refractivity contribution in [2.45, 2.75) is 19.8 Å². The van der Waals surface area contributed by atoms with E-state index in [4.69, 9.17) is 0 Å². The van der Waals surface area contributed by atoms with Crippen LogP contribution in [0.15, 0.2) is 60.8 Å². The normalized spacial score (nSPS) is 14.8. The van der Waals surface area contributed by atoms with E-state index < -0.39 is 0 Å². The molecule has 0 unspecified atom stereocenters. The monoisotopic (exact) mass is 313 g/mol. The Morgan fingerprint density at radius 2 is 1.88 bits per heavy atom. The van der Waals surface area contributed by atoms with E-state index in [-0.39, 0.29) is 5.75 Å². The fourth-order valence-electron chi connectivity index (χ4n) is 3.41. The SMILES string of the molecule is Cc1ccc2c(c1)CCc1ncccc1C2=Cc1cccc(O)c1. The molecule has 0 bridgehead atoms. The van der Waals surface area contributed by atoms with Crippen LogP contribution in [0.25, 0.3) is 11.6 Å². The fraction of sp³-hybridized carbons (Fsp3) is 0.136. The molecule has 24 heavy (non-hydrogen) atoms.